The summed E-state index contributed by atoms with van der Waals surface area (Å²) in [6.45, 7) is 4.04. The van der Waals surface area contributed by atoms with Crippen molar-refractivity contribution in [2.45, 2.75) is 39.4 Å². The number of carbonyl (C=O) groups is 1. The van der Waals surface area contributed by atoms with Crippen LogP contribution in [0.5, 0.6) is 5.75 Å². The molecule has 7 heteroatoms. The summed E-state index contributed by atoms with van der Waals surface area (Å²) in [5.41, 5.74) is 0.373. The van der Waals surface area contributed by atoms with Gasteiger partial charge in [0.05, 0.1) is 26.4 Å². The SMILES string of the molecule is CCCCn1c(-c2ccc(O)cc2C(F)(F)F)cc2sc(C(C)=O)cc21. The zero-order valence-corrected chi connectivity index (χ0v) is 15.2. The van der Waals surface area contributed by atoms with Crippen molar-refractivity contribution in [2.24, 2.45) is 0 Å². The number of benzene rings is 1. The number of unbranched alkanes of at least 4 members (excludes halogenated alkanes) is 1. The molecule has 0 amide bonds. The largest absolute Gasteiger partial charge is 0.508 e. The summed E-state index contributed by atoms with van der Waals surface area (Å²) in [5, 5.41) is 9.51. The van der Waals surface area contributed by atoms with Gasteiger partial charge < -0.3 is 9.67 Å². The first-order valence-corrected chi connectivity index (χ1v) is 9.08. The minimum Gasteiger partial charge on any atom is -0.508 e. The van der Waals surface area contributed by atoms with E-state index < -0.39 is 17.5 Å². The summed E-state index contributed by atoms with van der Waals surface area (Å²) < 4.78 is 43.1. The fraction of sp³-hybridized carbons (Fsp3) is 0.316. The normalized spacial score (nSPS) is 12.0. The van der Waals surface area contributed by atoms with Crippen molar-refractivity contribution < 1.29 is 23.1 Å². The van der Waals surface area contributed by atoms with Gasteiger partial charge in [0, 0.05) is 12.1 Å². The van der Waals surface area contributed by atoms with Gasteiger partial charge in [0.2, 0.25) is 0 Å². The summed E-state index contributed by atoms with van der Waals surface area (Å²) in [4.78, 5) is 12.2. The van der Waals surface area contributed by atoms with Crippen molar-refractivity contribution in [1.29, 1.82) is 0 Å². The molecular formula is C19H18F3NO2S. The van der Waals surface area contributed by atoms with Crippen molar-refractivity contribution in [3.63, 3.8) is 0 Å². The minimum atomic E-state index is -4.58. The molecule has 138 valence electrons. The van der Waals surface area contributed by atoms with Crippen LogP contribution in [0.15, 0.2) is 30.3 Å². The van der Waals surface area contributed by atoms with Crippen LogP contribution in [-0.2, 0) is 12.7 Å². The highest BCUT2D eigenvalue weighted by Crippen LogP contribution is 2.42. The number of halogens is 3. The van der Waals surface area contributed by atoms with Crippen LogP contribution in [0.25, 0.3) is 21.5 Å². The van der Waals surface area contributed by atoms with E-state index in [-0.39, 0.29) is 11.3 Å². The maximum Gasteiger partial charge on any atom is 0.417 e. The highest BCUT2D eigenvalue weighted by molar-refractivity contribution is 7.20. The van der Waals surface area contributed by atoms with Gasteiger partial charge in [-0.15, -0.1) is 11.3 Å². The average Bonchev–Trinajstić information content (AvgIpc) is 3.10. The number of hydrogen-bond donors (Lipinski definition) is 1. The topological polar surface area (TPSA) is 42.2 Å². The first-order chi connectivity index (χ1) is 12.2. The molecule has 3 aromatic rings. The number of carbonyl (C=O) groups excluding carboxylic acids is 1. The number of fused-ring (bicyclic) bond motifs is 1. The van der Waals surface area contributed by atoms with E-state index in [0.29, 0.717) is 17.1 Å². The van der Waals surface area contributed by atoms with Crippen molar-refractivity contribution in [3.8, 4) is 17.0 Å². The molecule has 0 saturated carbocycles. The molecule has 0 aliphatic carbocycles. The van der Waals surface area contributed by atoms with Crippen LogP contribution < -0.4 is 0 Å². The lowest BCUT2D eigenvalue weighted by Gasteiger charge is -2.16. The van der Waals surface area contributed by atoms with Gasteiger partial charge in [-0.25, -0.2) is 0 Å². The molecule has 3 rings (SSSR count). The zero-order valence-electron chi connectivity index (χ0n) is 14.4. The molecule has 2 aromatic heterocycles. The third-order valence-corrected chi connectivity index (χ3v) is 5.43. The van der Waals surface area contributed by atoms with Crippen LogP contribution in [-0.4, -0.2) is 15.5 Å². The number of aromatic nitrogens is 1. The van der Waals surface area contributed by atoms with Gasteiger partial charge in [0.25, 0.3) is 0 Å². The van der Waals surface area contributed by atoms with E-state index >= 15 is 0 Å². The second-order valence-corrected chi connectivity index (χ2v) is 7.26. The molecule has 0 aliphatic rings. The number of thiophene rings is 1. The van der Waals surface area contributed by atoms with E-state index in [0.717, 1.165) is 29.1 Å². The van der Waals surface area contributed by atoms with Crippen LogP contribution in [0.3, 0.4) is 0 Å². The van der Waals surface area contributed by atoms with E-state index in [9.17, 15) is 23.1 Å². The summed E-state index contributed by atoms with van der Waals surface area (Å²) in [6, 6.07) is 6.75. The number of Topliss-reactive ketones (excluding diaryl/α,β-unsaturated/α-hetero) is 1. The molecule has 0 aliphatic heterocycles. The number of ketones is 1. The number of hydrogen-bond acceptors (Lipinski definition) is 3. The molecule has 0 fully saturated rings. The van der Waals surface area contributed by atoms with Crippen molar-refractivity contribution in [3.05, 3.63) is 40.8 Å². The maximum absolute atomic E-state index is 13.5. The van der Waals surface area contributed by atoms with Crippen molar-refractivity contribution in [1.82, 2.24) is 4.57 Å². The van der Waals surface area contributed by atoms with E-state index in [2.05, 4.69) is 0 Å². The average molecular weight is 381 g/mol. The van der Waals surface area contributed by atoms with Gasteiger partial charge >= 0.3 is 6.18 Å². The Morgan fingerprint density at radius 3 is 2.58 bits per heavy atom. The molecule has 1 N–H and O–H groups in total. The molecule has 2 heterocycles. The third kappa shape index (κ3) is 3.35. The molecule has 1 aromatic carbocycles. The molecule has 0 unspecified atom stereocenters. The summed E-state index contributed by atoms with van der Waals surface area (Å²) in [7, 11) is 0. The summed E-state index contributed by atoms with van der Waals surface area (Å²) in [5.74, 6) is -0.483. The van der Waals surface area contributed by atoms with Gasteiger partial charge in [-0.2, -0.15) is 13.2 Å². The molecule has 0 radical (unpaired) electrons. The number of aryl methyl sites for hydroxylation is 1. The molecule has 3 nitrogen and oxygen atoms in total. The Labute approximate surface area is 152 Å². The first kappa shape index (κ1) is 18.5. The van der Waals surface area contributed by atoms with Gasteiger partial charge in [0.15, 0.2) is 5.78 Å². The van der Waals surface area contributed by atoms with Gasteiger partial charge in [-0.3, -0.25) is 4.79 Å². The van der Waals surface area contributed by atoms with Crippen molar-refractivity contribution >= 4 is 27.3 Å². The predicted octanol–water partition coefficient (Wildman–Crippen LogP) is 6.10. The van der Waals surface area contributed by atoms with E-state index in [1.807, 2.05) is 11.5 Å². The standard InChI is InChI=1S/C19H18F3NO2S/c1-3-4-7-23-15(9-18-16(23)10-17(26-18)11(2)24)13-6-5-12(25)8-14(13)19(20,21)22/h5-6,8-10,25H,3-4,7H2,1-2H3. The molecule has 0 saturated heterocycles. The Bertz CT molecular complexity index is 969. The number of rotatable bonds is 5. The van der Waals surface area contributed by atoms with Crippen LogP contribution in [0, 0.1) is 0 Å². The van der Waals surface area contributed by atoms with Gasteiger partial charge in [-0.05, 0) is 43.7 Å². The number of phenolic OH excluding ortho intramolecular Hbond substituents is 1. The Hall–Kier alpha value is -2.28. The van der Waals surface area contributed by atoms with Crippen LogP contribution >= 0.6 is 11.3 Å². The summed E-state index contributed by atoms with van der Waals surface area (Å²) >= 11 is 1.28. The lowest BCUT2D eigenvalue weighted by molar-refractivity contribution is -0.137. The molecule has 0 atom stereocenters. The number of alkyl halides is 3. The second-order valence-electron chi connectivity index (χ2n) is 6.18. The Morgan fingerprint density at radius 1 is 1.23 bits per heavy atom. The monoisotopic (exact) mass is 381 g/mol. The van der Waals surface area contributed by atoms with E-state index in [1.165, 1.54) is 30.4 Å². The molecule has 0 bridgehead atoms. The molecule has 0 spiro atoms. The predicted molar refractivity (Wildman–Crippen MR) is 96.8 cm³/mol. The number of phenols is 1. The smallest absolute Gasteiger partial charge is 0.417 e. The van der Waals surface area contributed by atoms with E-state index in [4.69, 9.17) is 0 Å². The fourth-order valence-electron chi connectivity index (χ4n) is 2.99. The lowest BCUT2D eigenvalue weighted by Crippen LogP contribution is -2.09. The highest BCUT2D eigenvalue weighted by atomic mass is 32.1. The summed E-state index contributed by atoms with van der Waals surface area (Å²) in [6.07, 6.45) is -2.88. The fourth-order valence-corrected chi connectivity index (χ4v) is 3.98. The maximum atomic E-state index is 13.5. The minimum absolute atomic E-state index is 0.0270. The third-order valence-electron chi connectivity index (χ3n) is 4.26. The van der Waals surface area contributed by atoms with Crippen LogP contribution in [0.4, 0.5) is 13.2 Å². The number of nitrogens with zero attached hydrogens (tertiary/aromatic N) is 1. The van der Waals surface area contributed by atoms with E-state index in [1.54, 1.807) is 12.1 Å². The quantitative estimate of drug-likeness (QED) is 0.543. The van der Waals surface area contributed by atoms with Crippen molar-refractivity contribution in [2.75, 3.05) is 0 Å². The van der Waals surface area contributed by atoms with Gasteiger partial charge in [-0.1, -0.05) is 13.3 Å². The Morgan fingerprint density at radius 2 is 1.96 bits per heavy atom. The Kier molecular flexibility index (Phi) is 4.84. The zero-order chi connectivity index (χ0) is 19.1. The Balaban J connectivity index is 2.25. The van der Waals surface area contributed by atoms with Crippen LogP contribution in [0.2, 0.25) is 0 Å². The highest BCUT2D eigenvalue weighted by Gasteiger charge is 2.35. The first-order valence-electron chi connectivity index (χ1n) is 8.27. The van der Waals surface area contributed by atoms with Crippen LogP contribution in [0.1, 0.15) is 41.9 Å². The van der Waals surface area contributed by atoms with Gasteiger partial charge in [0.1, 0.15) is 5.75 Å². The molecule has 26 heavy (non-hydrogen) atoms. The number of aromatic hydroxyl groups is 1. The second kappa shape index (κ2) is 6.79. The molecular weight excluding hydrogens is 363 g/mol. The lowest BCUT2D eigenvalue weighted by atomic mass is 10.0.